The quantitative estimate of drug-likeness (QED) is 0.140. The predicted octanol–water partition coefficient (Wildman–Crippen LogP) is 1.85. The van der Waals surface area contributed by atoms with E-state index < -0.39 is 64.0 Å². The summed E-state index contributed by atoms with van der Waals surface area (Å²) >= 11 is 0. The number of aliphatic hydroxyl groups is 1. The van der Waals surface area contributed by atoms with E-state index in [1.807, 2.05) is 11.9 Å². The Morgan fingerprint density at radius 3 is 2.41 bits per heavy atom. The zero-order valence-electron chi connectivity index (χ0n) is 20.9. The van der Waals surface area contributed by atoms with Crippen molar-refractivity contribution in [3.8, 4) is 0 Å². The van der Waals surface area contributed by atoms with Crippen LogP contribution in [-0.2, 0) is 32.0 Å². The van der Waals surface area contributed by atoms with Gasteiger partial charge < -0.3 is 24.4 Å². The lowest BCUT2D eigenvalue weighted by atomic mass is 10.1. The minimum atomic E-state index is -5.21. The normalized spacial score (nSPS) is 24.1. The first-order chi connectivity index (χ1) is 18.4. The topological polar surface area (TPSA) is 213 Å². The average Bonchev–Trinajstić information content (AvgIpc) is 3.17. The first-order valence-corrected chi connectivity index (χ1v) is 15.0. The number of benzene rings is 1. The molecule has 0 radical (unpaired) electrons. The van der Waals surface area contributed by atoms with E-state index in [0.29, 0.717) is 6.42 Å². The summed E-state index contributed by atoms with van der Waals surface area (Å²) in [6.07, 6.45) is -2.23. The van der Waals surface area contributed by atoms with Crippen molar-refractivity contribution in [2.45, 2.75) is 57.1 Å². The number of hydrogen-bond acceptors (Lipinski definition) is 11. The Morgan fingerprint density at radius 2 is 1.74 bits per heavy atom. The van der Waals surface area contributed by atoms with Crippen LogP contribution in [0.4, 0.5) is 0 Å². The molecule has 4 N–H and O–H groups in total. The number of H-pyrrole nitrogens is 1. The molecule has 6 unspecified atom stereocenters. The number of nitrogens with zero attached hydrogens (tertiary/aromatic N) is 1. The van der Waals surface area contributed by atoms with Crippen LogP contribution < -0.4 is 11.2 Å². The van der Waals surface area contributed by atoms with Crippen LogP contribution in [0.15, 0.2) is 52.2 Å². The fraction of sp³-hybridized carbons (Fsp3) is 0.500. The van der Waals surface area contributed by atoms with Gasteiger partial charge in [-0.15, -0.1) is 0 Å². The lowest BCUT2D eigenvalue weighted by Gasteiger charge is -2.22. The van der Waals surface area contributed by atoms with Crippen molar-refractivity contribution in [2.24, 2.45) is 0 Å². The van der Waals surface area contributed by atoms with Crippen LogP contribution in [-0.4, -0.2) is 61.9 Å². The number of carbonyl (C=O) groups excluding carboxylic acids is 1. The third kappa shape index (κ3) is 9.04. The molecular weight excluding hydrogens is 562 g/mol. The van der Waals surface area contributed by atoms with E-state index in [2.05, 4.69) is 8.83 Å². The molecule has 1 aromatic heterocycles. The first kappa shape index (κ1) is 31.1. The third-order valence-electron chi connectivity index (χ3n) is 5.55. The van der Waals surface area contributed by atoms with Gasteiger partial charge in [0.05, 0.1) is 18.8 Å². The second-order valence-corrected chi connectivity index (χ2v) is 11.6. The van der Waals surface area contributed by atoms with Crippen molar-refractivity contribution in [2.75, 3.05) is 13.2 Å². The smallest absolute Gasteiger partial charge is 0.451 e. The van der Waals surface area contributed by atoms with Crippen LogP contribution in [0, 0.1) is 0 Å². The summed E-state index contributed by atoms with van der Waals surface area (Å²) < 4.78 is 49.9. The van der Waals surface area contributed by atoms with Gasteiger partial charge in [0.2, 0.25) is 0 Å². The molecule has 17 heteroatoms. The van der Waals surface area contributed by atoms with Crippen LogP contribution in [0.3, 0.4) is 0 Å². The molecule has 216 valence electrons. The van der Waals surface area contributed by atoms with Gasteiger partial charge in [0, 0.05) is 12.3 Å². The van der Waals surface area contributed by atoms with Gasteiger partial charge in [-0.05, 0) is 18.6 Å². The lowest BCUT2D eigenvalue weighted by Crippen LogP contribution is -2.40. The van der Waals surface area contributed by atoms with Gasteiger partial charge in [0.25, 0.3) is 5.56 Å². The monoisotopic (exact) mass is 592 g/mol. The van der Waals surface area contributed by atoms with E-state index >= 15 is 0 Å². The molecule has 1 aliphatic rings. The largest absolute Gasteiger partial charge is 0.481 e. The standard InChI is InChI=1S/C22H30N2O13P2/c1-2-3-4-8-13-33-38(29,30)37-39(31,32)34-14-16-18(26)19(36-21(27)15-9-6-5-7-10-15)20(35-16)24-12-11-17(25)23-22(24)28/h5-7,9-12,16,18-20,26H,2-4,8,13-14H2,1H3,(H,29,30)(H,31,32)(H,23,25,28). The highest BCUT2D eigenvalue weighted by Crippen LogP contribution is 2.60. The predicted molar refractivity (Wildman–Crippen MR) is 134 cm³/mol. The van der Waals surface area contributed by atoms with Crippen LogP contribution in [0.2, 0.25) is 0 Å². The molecule has 6 atom stereocenters. The maximum atomic E-state index is 12.6. The van der Waals surface area contributed by atoms with Gasteiger partial charge in [-0.1, -0.05) is 44.4 Å². The Morgan fingerprint density at radius 1 is 1.05 bits per heavy atom. The van der Waals surface area contributed by atoms with Gasteiger partial charge in [-0.2, -0.15) is 4.31 Å². The molecular formula is C22H30N2O13P2. The molecule has 1 fully saturated rings. The Balaban J connectivity index is 1.71. The number of esters is 1. The Hall–Kier alpha value is -2.45. The van der Waals surface area contributed by atoms with Crippen LogP contribution >= 0.6 is 15.6 Å². The van der Waals surface area contributed by atoms with E-state index in [0.717, 1.165) is 36.1 Å². The van der Waals surface area contributed by atoms with Crippen LogP contribution in [0.25, 0.3) is 0 Å². The van der Waals surface area contributed by atoms with E-state index in [-0.39, 0.29) is 12.2 Å². The number of aliphatic hydroxyl groups excluding tert-OH is 1. The van der Waals surface area contributed by atoms with Crippen molar-refractivity contribution in [3.63, 3.8) is 0 Å². The number of ether oxygens (including phenoxy) is 2. The number of hydrogen-bond donors (Lipinski definition) is 4. The maximum absolute atomic E-state index is 12.6. The summed E-state index contributed by atoms with van der Waals surface area (Å²) in [5.41, 5.74) is -1.54. The van der Waals surface area contributed by atoms with Crippen molar-refractivity contribution < 1.29 is 51.6 Å². The zero-order chi connectivity index (χ0) is 28.6. The number of nitrogens with one attached hydrogen (secondary N) is 1. The van der Waals surface area contributed by atoms with E-state index in [1.165, 1.54) is 12.1 Å². The summed E-state index contributed by atoms with van der Waals surface area (Å²) in [5, 5.41) is 10.8. The molecule has 39 heavy (non-hydrogen) atoms. The molecule has 0 saturated carbocycles. The highest BCUT2D eigenvalue weighted by molar-refractivity contribution is 7.61. The Kier molecular flexibility index (Phi) is 11.0. The minimum absolute atomic E-state index is 0.124. The molecule has 0 amide bonds. The molecule has 15 nitrogen and oxygen atoms in total. The number of rotatable bonds is 14. The van der Waals surface area contributed by atoms with Crippen LogP contribution in [0.5, 0.6) is 0 Å². The fourth-order valence-corrected chi connectivity index (χ4v) is 5.77. The molecule has 3 rings (SSSR count). The molecule has 2 heterocycles. The van der Waals surface area contributed by atoms with E-state index in [1.54, 1.807) is 18.2 Å². The molecule has 0 bridgehead atoms. The van der Waals surface area contributed by atoms with Crippen molar-refractivity contribution in [1.29, 1.82) is 0 Å². The summed E-state index contributed by atoms with van der Waals surface area (Å²) in [4.78, 5) is 58.2. The number of unbranched alkanes of at least 4 members (excludes halogenated alkanes) is 3. The fourth-order valence-electron chi connectivity index (χ4n) is 3.65. The third-order valence-corrected chi connectivity index (χ3v) is 8.19. The zero-order valence-corrected chi connectivity index (χ0v) is 22.6. The van der Waals surface area contributed by atoms with Crippen molar-refractivity contribution >= 4 is 21.6 Å². The Labute approximate surface area is 222 Å². The highest BCUT2D eigenvalue weighted by Gasteiger charge is 2.49. The first-order valence-electron chi connectivity index (χ1n) is 12.0. The lowest BCUT2D eigenvalue weighted by molar-refractivity contribution is -0.0597. The molecule has 2 aromatic rings. The number of phosphoric ester groups is 2. The summed E-state index contributed by atoms with van der Waals surface area (Å²) in [6.45, 7) is 0.892. The average molecular weight is 592 g/mol. The highest BCUT2D eigenvalue weighted by atomic mass is 31.3. The summed E-state index contributed by atoms with van der Waals surface area (Å²) in [6, 6.07) is 8.71. The molecule has 1 aromatic carbocycles. The van der Waals surface area contributed by atoms with Crippen molar-refractivity contribution in [1.82, 2.24) is 9.55 Å². The summed E-state index contributed by atoms with van der Waals surface area (Å²) in [7, 11) is -10.2. The van der Waals surface area contributed by atoms with Gasteiger partial charge in [-0.25, -0.2) is 18.7 Å². The second-order valence-electron chi connectivity index (χ2n) is 8.52. The summed E-state index contributed by atoms with van der Waals surface area (Å²) in [5.74, 6) is -0.874. The van der Waals surface area contributed by atoms with Crippen molar-refractivity contribution in [3.05, 3.63) is 69.0 Å². The van der Waals surface area contributed by atoms with Gasteiger partial charge >= 0.3 is 27.3 Å². The second kappa shape index (κ2) is 13.8. The molecule has 0 spiro atoms. The Bertz CT molecular complexity index is 1310. The maximum Gasteiger partial charge on any atom is 0.481 e. The molecule has 1 saturated heterocycles. The van der Waals surface area contributed by atoms with Crippen LogP contribution in [0.1, 0.15) is 49.2 Å². The molecule has 1 aliphatic heterocycles. The van der Waals surface area contributed by atoms with Gasteiger partial charge in [0.15, 0.2) is 12.3 Å². The van der Waals surface area contributed by atoms with E-state index in [4.69, 9.17) is 14.0 Å². The number of phosphoric acid groups is 2. The SMILES string of the molecule is CCCCCCOP(=O)(O)OP(=O)(O)OCC1OC(n2ccc(=O)[nH]c2=O)C(OC(=O)c2ccccc2)C1O. The number of carbonyl (C=O) groups is 1. The van der Waals surface area contributed by atoms with Gasteiger partial charge in [-0.3, -0.25) is 23.4 Å². The van der Waals surface area contributed by atoms with Gasteiger partial charge in [0.1, 0.15) is 12.2 Å². The molecule has 0 aliphatic carbocycles. The minimum Gasteiger partial charge on any atom is -0.451 e. The number of aromatic nitrogens is 2. The number of aromatic amines is 1. The van der Waals surface area contributed by atoms with E-state index in [9.17, 15) is 38.4 Å².